The van der Waals surface area contributed by atoms with E-state index in [0.717, 1.165) is 21.9 Å². The zero-order valence-corrected chi connectivity index (χ0v) is 29.5. The molecular weight excluding hydrogens is 727 g/mol. The molecule has 0 fully saturated rings. The minimum absolute atomic E-state index is 0.406. The van der Waals surface area contributed by atoms with Crippen LogP contribution < -0.4 is 0 Å². The summed E-state index contributed by atoms with van der Waals surface area (Å²) in [6.45, 7) is 6.25. The van der Waals surface area contributed by atoms with Gasteiger partial charge in [0.25, 0.3) is 0 Å². The summed E-state index contributed by atoms with van der Waals surface area (Å²) >= 11 is 2.67. The number of rotatable bonds is 6. The molecule has 0 N–H and O–H groups in total. The summed E-state index contributed by atoms with van der Waals surface area (Å²) in [5.74, 6) is -17.2. The summed E-state index contributed by atoms with van der Waals surface area (Å²) in [7, 11) is -9.24. The number of halogens is 6. The molecule has 0 spiro atoms. The second-order valence-electron chi connectivity index (χ2n) is 12.0. The number of sulfone groups is 2. The molecule has 0 atom stereocenters. The first kappa shape index (κ1) is 34.0. The molecule has 49 heavy (non-hydrogen) atoms. The maximum absolute atomic E-state index is 16.2. The normalized spacial score (nSPS) is 21.1. The molecule has 2 aromatic heterocycles. The van der Waals surface area contributed by atoms with Crippen molar-refractivity contribution in [3.05, 3.63) is 103 Å². The Morgan fingerprint density at radius 2 is 0.939 bits per heavy atom. The number of alkyl halides is 6. The highest BCUT2D eigenvalue weighted by molar-refractivity contribution is 7.96. The van der Waals surface area contributed by atoms with Crippen LogP contribution >= 0.6 is 22.7 Å². The van der Waals surface area contributed by atoms with Gasteiger partial charge in [-0.25, -0.2) is 16.8 Å². The van der Waals surface area contributed by atoms with Crippen molar-refractivity contribution in [3.63, 3.8) is 0 Å². The Labute approximate surface area is 287 Å². The molecule has 4 heterocycles. The molecular formula is C35H26F6O4S4. The number of allylic oxidation sites excluding steroid dienone is 6. The molecule has 2 aromatic carbocycles. The second-order valence-corrected chi connectivity index (χ2v) is 18.5. The molecule has 3 aliphatic rings. The quantitative estimate of drug-likeness (QED) is 0.184. The lowest BCUT2D eigenvalue weighted by Crippen LogP contribution is -2.49. The maximum Gasteiger partial charge on any atom is 0.380 e. The van der Waals surface area contributed by atoms with Gasteiger partial charge in [-0.15, -0.1) is 22.7 Å². The summed E-state index contributed by atoms with van der Waals surface area (Å²) in [5, 5.41) is 0. The third kappa shape index (κ3) is 4.45. The van der Waals surface area contributed by atoms with Crippen molar-refractivity contribution in [1.29, 1.82) is 0 Å². The van der Waals surface area contributed by atoms with Gasteiger partial charge in [-0.05, 0) is 74.2 Å². The standard InChI is InChI=1S/C35H26F6O4S4/c1-5-25-29(21-11-9-19(15-27(21)48(25,42)43)23-13-7-17(3)46-23)31-32(34(38,39)35(40,41)33(31,36)37)30-22-12-10-20(24-14-8-18(4)47-24)16-28(22)49(44,45)26(30)6-2/h7-16H,5-6H2,1-4H3. The van der Waals surface area contributed by atoms with Crippen LogP contribution in [0.25, 0.3) is 32.0 Å². The molecule has 0 saturated carbocycles. The number of aryl methyl sites for hydroxylation is 2. The molecule has 4 aromatic rings. The van der Waals surface area contributed by atoms with E-state index in [1.807, 2.05) is 13.8 Å². The zero-order chi connectivity index (χ0) is 35.6. The van der Waals surface area contributed by atoms with Crippen LogP contribution in [0.5, 0.6) is 0 Å². The van der Waals surface area contributed by atoms with E-state index in [0.29, 0.717) is 20.9 Å². The van der Waals surface area contributed by atoms with Crippen LogP contribution in [0.1, 0.15) is 47.6 Å². The molecule has 4 nitrogen and oxygen atoms in total. The summed E-state index contributed by atoms with van der Waals surface area (Å²) < 4.78 is 152. The lowest BCUT2D eigenvalue weighted by Gasteiger charge is -2.26. The highest BCUT2D eigenvalue weighted by atomic mass is 32.2. The molecule has 14 heteroatoms. The average Bonchev–Trinajstić information content (AvgIpc) is 3.78. The van der Waals surface area contributed by atoms with Crippen LogP contribution in [-0.2, 0) is 19.7 Å². The van der Waals surface area contributed by atoms with Gasteiger partial charge in [0.1, 0.15) is 0 Å². The highest BCUT2D eigenvalue weighted by Crippen LogP contribution is 2.67. The first-order valence-corrected chi connectivity index (χ1v) is 19.7. The lowest BCUT2D eigenvalue weighted by molar-refractivity contribution is -0.263. The van der Waals surface area contributed by atoms with E-state index >= 15 is 26.3 Å². The highest BCUT2D eigenvalue weighted by Gasteiger charge is 2.81. The van der Waals surface area contributed by atoms with Crippen LogP contribution in [0.3, 0.4) is 0 Å². The molecule has 0 unspecified atom stereocenters. The van der Waals surface area contributed by atoms with Gasteiger partial charge >= 0.3 is 17.8 Å². The van der Waals surface area contributed by atoms with E-state index < -0.39 is 103 Å². The summed E-state index contributed by atoms with van der Waals surface area (Å²) in [6, 6.07) is 14.6. The van der Waals surface area contributed by atoms with Gasteiger partial charge in [0.2, 0.25) is 19.7 Å². The van der Waals surface area contributed by atoms with Crippen molar-refractivity contribution in [2.75, 3.05) is 0 Å². The maximum atomic E-state index is 16.2. The van der Waals surface area contributed by atoms with Gasteiger partial charge in [0.15, 0.2) is 0 Å². The molecule has 0 amide bonds. The van der Waals surface area contributed by atoms with Gasteiger partial charge < -0.3 is 0 Å². The Balaban J connectivity index is 1.57. The van der Waals surface area contributed by atoms with Crippen LogP contribution in [0.4, 0.5) is 26.3 Å². The summed E-state index contributed by atoms with van der Waals surface area (Å²) in [5.41, 5.74) is -5.74. The van der Waals surface area contributed by atoms with Gasteiger partial charge in [0.05, 0.1) is 19.6 Å². The first-order valence-electron chi connectivity index (χ1n) is 15.1. The van der Waals surface area contributed by atoms with Gasteiger partial charge in [-0.2, -0.15) is 26.3 Å². The molecule has 0 radical (unpaired) electrons. The van der Waals surface area contributed by atoms with Gasteiger partial charge in [-0.3, -0.25) is 0 Å². The van der Waals surface area contributed by atoms with Crippen molar-refractivity contribution in [1.82, 2.24) is 0 Å². The van der Waals surface area contributed by atoms with E-state index in [1.165, 1.54) is 60.8 Å². The predicted octanol–water partition coefficient (Wildman–Crippen LogP) is 10.5. The summed E-state index contributed by atoms with van der Waals surface area (Å²) in [4.78, 5) is 0.675. The fourth-order valence-corrected chi connectivity index (χ4v) is 12.4. The second kappa shape index (κ2) is 10.8. The largest absolute Gasteiger partial charge is 0.380 e. The zero-order valence-electron chi connectivity index (χ0n) is 26.2. The van der Waals surface area contributed by atoms with E-state index in [4.69, 9.17) is 0 Å². The third-order valence-corrected chi connectivity index (χ3v) is 15.4. The lowest BCUT2D eigenvalue weighted by atomic mass is 9.86. The van der Waals surface area contributed by atoms with Crippen LogP contribution in [-0.4, -0.2) is 34.6 Å². The fourth-order valence-electron chi connectivity index (χ4n) is 6.89. The van der Waals surface area contributed by atoms with E-state index in [9.17, 15) is 16.8 Å². The van der Waals surface area contributed by atoms with Crippen molar-refractivity contribution in [2.24, 2.45) is 0 Å². The Bertz CT molecular complexity index is 2280. The summed E-state index contributed by atoms with van der Waals surface area (Å²) in [6.07, 6.45) is -0.968. The van der Waals surface area contributed by atoms with Crippen LogP contribution in [0.15, 0.2) is 91.4 Å². The average molecular weight is 753 g/mol. The number of hydrogen-bond acceptors (Lipinski definition) is 6. The minimum Gasteiger partial charge on any atom is -0.219 e. The third-order valence-electron chi connectivity index (χ3n) is 9.15. The first-order chi connectivity index (χ1) is 22.8. The Morgan fingerprint density at radius 1 is 0.571 bits per heavy atom. The van der Waals surface area contributed by atoms with Crippen LogP contribution in [0, 0.1) is 13.8 Å². The smallest absolute Gasteiger partial charge is 0.219 e. The topological polar surface area (TPSA) is 68.3 Å². The predicted molar refractivity (Wildman–Crippen MR) is 180 cm³/mol. The number of hydrogen-bond donors (Lipinski definition) is 0. The van der Waals surface area contributed by atoms with Crippen molar-refractivity contribution in [3.8, 4) is 20.9 Å². The Kier molecular flexibility index (Phi) is 7.48. The Morgan fingerprint density at radius 3 is 1.24 bits per heavy atom. The molecule has 256 valence electrons. The van der Waals surface area contributed by atoms with Crippen molar-refractivity contribution < 1.29 is 43.2 Å². The number of thiophene rings is 2. The van der Waals surface area contributed by atoms with Crippen LogP contribution in [0.2, 0.25) is 0 Å². The van der Waals surface area contributed by atoms with Gasteiger partial charge in [0, 0.05) is 52.9 Å². The number of fused-ring (bicyclic) bond motifs is 2. The van der Waals surface area contributed by atoms with E-state index in [-0.39, 0.29) is 0 Å². The van der Waals surface area contributed by atoms with E-state index in [2.05, 4.69) is 0 Å². The van der Waals surface area contributed by atoms with E-state index in [1.54, 1.807) is 24.3 Å². The molecule has 7 rings (SSSR count). The minimum atomic E-state index is -6.04. The Hall–Kier alpha value is -3.46. The molecule has 2 aliphatic heterocycles. The molecule has 1 aliphatic carbocycles. The van der Waals surface area contributed by atoms with Gasteiger partial charge in [-0.1, -0.05) is 38.1 Å². The molecule has 0 saturated heterocycles. The molecule has 0 bridgehead atoms. The number of benzene rings is 2. The SMILES string of the molecule is CCC1=C(C2=C(C3=C(CC)S(=O)(=O)c4cc(-c5ccc(C)s5)ccc43)C(F)(F)C(F)(F)C2(F)F)c2ccc(-c3ccc(C)s3)cc2S1(=O)=O. The van der Waals surface area contributed by atoms with Crippen molar-refractivity contribution >= 4 is 53.5 Å². The monoisotopic (exact) mass is 752 g/mol. The fraction of sp³-hybridized carbons (Fsp3) is 0.257. The van der Waals surface area contributed by atoms with Crippen molar-refractivity contribution in [2.45, 2.75) is 68.1 Å².